The van der Waals surface area contributed by atoms with Gasteiger partial charge in [0.2, 0.25) is 0 Å². The molecule has 20 rings (SSSR count). The molecular formula is C112H91BrClN9O13. The third-order valence-corrected chi connectivity index (χ3v) is 24.3. The number of benzene rings is 13. The van der Waals surface area contributed by atoms with Crippen molar-refractivity contribution in [1.82, 2.24) is 9.97 Å². The van der Waals surface area contributed by atoms with Gasteiger partial charge in [0.05, 0.1) is 26.3 Å². The molecular weight excluding hydrogens is 1790 g/mol. The Balaban J connectivity index is 0.000000124. The molecule has 13 aromatic carbocycles. The van der Waals surface area contributed by atoms with Crippen molar-refractivity contribution in [3.63, 3.8) is 0 Å². The van der Waals surface area contributed by atoms with Crippen LogP contribution in [0.1, 0.15) is 130 Å². The zero-order chi connectivity index (χ0) is 95.3. The van der Waals surface area contributed by atoms with Crippen molar-refractivity contribution in [3.8, 4) is 72.9 Å². The third kappa shape index (κ3) is 20.8. The van der Waals surface area contributed by atoms with Crippen molar-refractivity contribution in [1.29, 1.82) is 0 Å². The molecule has 0 bridgehead atoms. The summed E-state index contributed by atoms with van der Waals surface area (Å²) < 4.78 is 23.9. The number of non-ortho nitro benzene ring substituents is 4. The summed E-state index contributed by atoms with van der Waals surface area (Å²) in [6, 6.07) is 97.5. The normalized spacial score (nSPS) is 13.7. The Morgan fingerprint density at radius 3 is 1.02 bits per heavy atom. The molecule has 2 aromatic heterocycles. The summed E-state index contributed by atoms with van der Waals surface area (Å²) in [5, 5.41) is 45.4. The van der Waals surface area contributed by atoms with Gasteiger partial charge in [-0.1, -0.05) is 213 Å². The lowest BCUT2D eigenvalue weighted by Crippen LogP contribution is -2.26. The number of carbonyl (C=O) groups is 1. The zero-order valence-corrected chi connectivity index (χ0v) is 76.8. The molecule has 0 fully saturated rings. The molecule has 0 amide bonds. The molecule has 676 valence electrons. The van der Waals surface area contributed by atoms with Gasteiger partial charge in [-0.15, -0.1) is 0 Å². The molecule has 0 saturated heterocycles. The molecule has 0 unspecified atom stereocenters. The Morgan fingerprint density at radius 1 is 0.382 bits per heavy atom. The van der Waals surface area contributed by atoms with E-state index in [0.717, 1.165) is 173 Å². The van der Waals surface area contributed by atoms with Gasteiger partial charge in [0, 0.05) is 113 Å². The SMILES string of the molecule is CC(C)(C)OC(=O)CCCOc1ccccc1C=C1c2ccccc2-c2ccc([N+](=O)[O-])cc21.CC[C@@H](N)COc1ccccc1C=C1c2ccccc2-c2ccc([N+](=O)[O-])cc21.NCCOc1ccccc1C=C1c2ccccc2-c2ccc(N)cc21.O=[N+]([O-])c1ccc2c(c1)C(=Cc1cccnc1Br)c1ccccc1-2.O=[N+]([O-])c1ccc2c(c1)C(=Cc1cccnc1Cl)c1ccccc1-2. The van der Waals surface area contributed by atoms with E-state index >= 15 is 0 Å². The van der Waals surface area contributed by atoms with Crippen LogP contribution >= 0.6 is 27.5 Å². The van der Waals surface area contributed by atoms with Crippen LogP contribution in [0, 0.1) is 40.5 Å². The monoisotopic (exact) mass is 1880 g/mol. The van der Waals surface area contributed by atoms with Crippen LogP contribution in [0.2, 0.25) is 5.15 Å². The molecule has 0 saturated carbocycles. The predicted molar refractivity (Wildman–Crippen MR) is 545 cm³/mol. The van der Waals surface area contributed by atoms with E-state index in [1.54, 1.807) is 60.9 Å². The van der Waals surface area contributed by atoms with Crippen LogP contribution < -0.4 is 31.4 Å². The van der Waals surface area contributed by atoms with Crippen LogP contribution in [0.15, 0.2) is 326 Å². The van der Waals surface area contributed by atoms with Gasteiger partial charge in [0.1, 0.15) is 45.8 Å². The van der Waals surface area contributed by atoms with E-state index in [-0.39, 0.29) is 60.9 Å². The van der Waals surface area contributed by atoms with Crippen LogP contribution in [0.3, 0.4) is 0 Å². The maximum Gasteiger partial charge on any atom is 0.306 e. The minimum absolute atomic E-state index is 0.0220. The number of nitrogens with zero attached hydrogens (tertiary/aromatic N) is 6. The number of nitrogen functional groups attached to an aromatic ring is 1. The van der Waals surface area contributed by atoms with Crippen molar-refractivity contribution < 1.29 is 43.4 Å². The summed E-state index contributed by atoms with van der Waals surface area (Å²) in [6.07, 6.45) is 15.2. The van der Waals surface area contributed by atoms with Gasteiger partial charge in [-0.25, -0.2) is 9.97 Å². The number of nitro groups is 4. The van der Waals surface area contributed by atoms with E-state index in [1.165, 1.54) is 28.3 Å². The number of pyridine rings is 2. The number of nitrogens with two attached hydrogens (primary N) is 3. The second-order valence-electron chi connectivity index (χ2n) is 33.3. The fourth-order valence-corrected chi connectivity index (χ4v) is 17.5. The van der Waals surface area contributed by atoms with Gasteiger partial charge in [-0.05, 0) is 286 Å². The largest absolute Gasteiger partial charge is 0.493 e. The Morgan fingerprint density at radius 2 is 0.676 bits per heavy atom. The molecule has 1 atom stereocenters. The lowest BCUT2D eigenvalue weighted by Gasteiger charge is -2.19. The molecule has 24 heteroatoms. The van der Waals surface area contributed by atoms with Crippen LogP contribution in [0.25, 0.3) is 114 Å². The van der Waals surface area contributed by atoms with E-state index < -0.39 is 5.60 Å². The second-order valence-corrected chi connectivity index (χ2v) is 34.4. The Hall–Kier alpha value is -16.2. The molecule has 15 aromatic rings. The number of rotatable bonds is 21. The maximum absolute atomic E-state index is 11.9. The van der Waals surface area contributed by atoms with Gasteiger partial charge >= 0.3 is 5.97 Å². The fourth-order valence-electron chi connectivity index (χ4n) is 17.0. The predicted octanol–water partition coefficient (Wildman–Crippen LogP) is 26.7. The quantitative estimate of drug-likeness (QED) is 0.0150. The molecule has 136 heavy (non-hydrogen) atoms. The molecule has 5 aliphatic rings. The number of hydrogen-bond donors (Lipinski definition) is 3. The maximum atomic E-state index is 11.9. The first-order chi connectivity index (χ1) is 65.9. The van der Waals surface area contributed by atoms with Crippen molar-refractivity contribution >= 4 is 120 Å². The summed E-state index contributed by atoms with van der Waals surface area (Å²) in [6.45, 7) is 9.37. The van der Waals surface area contributed by atoms with E-state index in [9.17, 15) is 45.3 Å². The fraction of sp³-hybridized carbons (Fsp3) is 0.116. The molecule has 5 aliphatic carbocycles. The van der Waals surface area contributed by atoms with E-state index in [2.05, 4.69) is 68.4 Å². The first kappa shape index (κ1) is 93.1. The molecule has 6 N–H and O–H groups in total. The number of hydrogen-bond acceptors (Lipinski definition) is 18. The Bertz CT molecular complexity index is 7200. The van der Waals surface area contributed by atoms with E-state index in [4.69, 9.17) is 47.7 Å². The number of anilines is 1. The van der Waals surface area contributed by atoms with Gasteiger partial charge in [-0.2, -0.15) is 0 Å². The van der Waals surface area contributed by atoms with Crippen LogP contribution in [-0.2, 0) is 9.53 Å². The van der Waals surface area contributed by atoms with Gasteiger partial charge in [0.15, 0.2) is 0 Å². The number of halogens is 2. The average molecular weight is 1890 g/mol. The van der Waals surface area contributed by atoms with Crippen molar-refractivity contribution in [3.05, 3.63) is 455 Å². The minimum Gasteiger partial charge on any atom is -0.493 e. The highest BCUT2D eigenvalue weighted by molar-refractivity contribution is 9.10. The number of ether oxygens (including phenoxy) is 4. The summed E-state index contributed by atoms with van der Waals surface area (Å²) >= 11 is 9.63. The number of aromatic nitrogens is 2. The average Bonchev–Trinajstić information content (AvgIpc) is 1.63. The first-order valence-electron chi connectivity index (χ1n) is 44.1. The highest BCUT2D eigenvalue weighted by atomic mass is 79.9. The number of fused-ring (bicyclic) bond motifs is 15. The highest BCUT2D eigenvalue weighted by Crippen LogP contribution is 2.53. The van der Waals surface area contributed by atoms with Crippen molar-refractivity contribution in [2.24, 2.45) is 11.5 Å². The van der Waals surface area contributed by atoms with Crippen LogP contribution in [-0.4, -0.2) is 73.6 Å². The number of para-hydroxylation sites is 3. The van der Waals surface area contributed by atoms with E-state index in [1.807, 2.05) is 270 Å². The molecule has 0 spiro atoms. The molecule has 0 radical (unpaired) electrons. The topological polar surface area (TPSA) is 330 Å². The van der Waals surface area contributed by atoms with E-state index in [0.29, 0.717) is 43.7 Å². The summed E-state index contributed by atoms with van der Waals surface area (Å²) in [7, 11) is 0. The number of carbonyl (C=O) groups excluding carboxylic acids is 1. The molecule has 2 heterocycles. The van der Waals surface area contributed by atoms with Crippen LogP contribution in [0.4, 0.5) is 28.4 Å². The summed E-state index contributed by atoms with van der Waals surface area (Å²) in [4.78, 5) is 63.8. The number of esters is 1. The van der Waals surface area contributed by atoms with Gasteiger partial charge in [-0.3, -0.25) is 45.3 Å². The summed E-state index contributed by atoms with van der Waals surface area (Å²) in [5.74, 6) is 2.04. The van der Waals surface area contributed by atoms with Crippen molar-refractivity contribution in [2.75, 3.05) is 32.1 Å². The molecule has 22 nitrogen and oxygen atoms in total. The standard InChI is InChI=1S/C28H27NO5.C24H22N2O3.C22H20N2O.C19H11BrN2O2.C19H11ClN2O2/c1-28(2,3)34-27(30)13-8-16-33-26-12-7-4-9-19(26)17-24-22-11-6-5-10-21(22)23-15-14-20(29(31)32)18-25(23)24;1-2-17(25)15-29-24-10-6-3-7-16(24)13-22-20-9-5-4-8-19(20)21-12-11-18(26(27)28)14-23(21)22;23-11-12-25-22-8-4-1-5-15(22)13-20-18-7-3-2-6-17(18)19-10-9-16(24)14-21(19)20;2*20-19-12(4-3-9-21-19)10-17-15-6-2-1-5-14(15)16-8-7-13(22(23)24)11-18(16)17/h4-7,9-12,14-15,17-18H,8,13,16H2,1-3H3;3-14,17H,2,15,25H2,1H3;1-10,13-14H,11-12,23-24H2;2*1-11H/t;17-;;;/m.1.../s1. The lowest BCUT2D eigenvalue weighted by atomic mass is 10.0. The van der Waals surface area contributed by atoms with Gasteiger partial charge < -0.3 is 36.1 Å². The summed E-state index contributed by atoms with van der Waals surface area (Å²) in [5.41, 5.74) is 48.4. The first-order valence-corrected chi connectivity index (χ1v) is 45.2. The highest BCUT2D eigenvalue weighted by Gasteiger charge is 2.32. The van der Waals surface area contributed by atoms with Gasteiger partial charge in [0.25, 0.3) is 22.7 Å². The Kier molecular flexibility index (Phi) is 28.6. The zero-order valence-electron chi connectivity index (χ0n) is 74.5. The molecule has 0 aliphatic heterocycles. The minimum atomic E-state index is -0.500. The second kappa shape index (κ2) is 41.7. The smallest absolute Gasteiger partial charge is 0.306 e. The Labute approximate surface area is 798 Å². The number of nitro benzene ring substituents is 4. The van der Waals surface area contributed by atoms with Crippen molar-refractivity contribution in [2.45, 2.75) is 58.6 Å². The van der Waals surface area contributed by atoms with Crippen LogP contribution in [0.5, 0.6) is 17.2 Å². The lowest BCUT2D eigenvalue weighted by molar-refractivity contribution is -0.385. The third-order valence-electron chi connectivity index (χ3n) is 23.3.